The van der Waals surface area contributed by atoms with Crippen molar-refractivity contribution in [1.82, 2.24) is 25.1 Å². The van der Waals surface area contributed by atoms with Gasteiger partial charge in [0.15, 0.2) is 0 Å². The van der Waals surface area contributed by atoms with E-state index in [0.29, 0.717) is 22.9 Å². The van der Waals surface area contributed by atoms with Gasteiger partial charge < -0.3 is 15.0 Å². The molecule has 0 saturated heterocycles. The number of fused-ring (bicyclic) bond motifs is 1. The van der Waals surface area contributed by atoms with Gasteiger partial charge in [-0.15, -0.1) is 0 Å². The SMILES string of the molecule is COC(=O)[C@H](Cc1cnc[nH]1)NC(=O)CCCc1cc(-c2cc(Cl)cc(Cl)c2)nn1-c1ccc2ccccc2c1. The summed E-state index contributed by atoms with van der Waals surface area (Å²) in [7, 11) is 1.30. The largest absolute Gasteiger partial charge is 0.467 e. The number of halogens is 2. The standard InChI is InChI=1S/C30H27Cl2N5O3/c1-40-30(39)28(15-24-17-33-18-34-24)35-29(38)8-4-7-25-16-27(21-11-22(31)14-23(32)12-21)36-37(25)26-10-9-19-5-2-3-6-20(19)13-26/h2-3,5-6,9-14,16-18,28H,4,7-8,15H2,1H3,(H,33,34)(H,35,38)/t28-/m0/s1. The molecule has 10 heteroatoms. The molecule has 0 aliphatic carbocycles. The number of rotatable bonds is 10. The van der Waals surface area contributed by atoms with Gasteiger partial charge in [0.2, 0.25) is 5.91 Å². The average Bonchev–Trinajstić information content (AvgIpc) is 3.62. The molecular weight excluding hydrogens is 549 g/mol. The Morgan fingerprint density at radius 1 is 1.02 bits per heavy atom. The van der Waals surface area contributed by atoms with Crippen molar-refractivity contribution >= 4 is 45.9 Å². The van der Waals surface area contributed by atoms with Crippen molar-refractivity contribution in [2.24, 2.45) is 0 Å². The predicted molar refractivity (Wildman–Crippen MR) is 156 cm³/mol. The Kier molecular flexibility index (Phi) is 8.48. The molecule has 1 atom stereocenters. The monoisotopic (exact) mass is 575 g/mol. The first-order valence-electron chi connectivity index (χ1n) is 12.8. The first kappa shape index (κ1) is 27.4. The van der Waals surface area contributed by atoms with Gasteiger partial charge in [0.25, 0.3) is 0 Å². The third-order valence-corrected chi connectivity index (χ3v) is 6.99. The minimum absolute atomic E-state index is 0.220. The van der Waals surface area contributed by atoms with E-state index in [0.717, 1.165) is 39.1 Å². The number of benzene rings is 3. The number of nitrogens with zero attached hydrogens (tertiary/aromatic N) is 3. The van der Waals surface area contributed by atoms with Crippen LogP contribution in [0.5, 0.6) is 0 Å². The van der Waals surface area contributed by atoms with Gasteiger partial charge in [0.05, 0.1) is 24.8 Å². The summed E-state index contributed by atoms with van der Waals surface area (Å²) in [6.45, 7) is 0. The lowest BCUT2D eigenvalue weighted by atomic mass is 10.1. The molecule has 5 aromatic rings. The van der Waals surface area contributed by atoms with E-state index < -0.39 is 12.0 Å². The summed E-state index contributed by atoms with van der Waals surface area (Å²) in [4.78, 5) is 32.0. The van der Waals surface area contributed by atoms with Crippen LogP contribution in [-0.2, 0) is 27.2 Å². The summed E-state index contributed by atoms with van der Waals surface area (Å²) in [5.41, 5.74) is 4.08. The number of H-pyrrole nitrogens is 1. The molecule has 0 spiro atoms. The third-order valence-electron chi connectivity index (χ3n) is 6.56. The number of carbonyl (C=O) groups excluding carboxylic acids is 2. The van der Waals surface area contributed by atoms with Crippen molar-refractivity contribution in [1.29, 1.82) is 0 Å². The van der Waals surface area contributed by atoms with E-state index in [9.17, 15) is 9.59 Å². The summed E-state index contributed by atoms with van der Waals surface area (Å²) in [5, 5.41) is 11.0. The molecule has 3 aromatic carbocycles. The van der Waals surface area contributed by atoms with Crippen molar-refractivity contribution in [3.8, 4) is 16.9 Å². The number of nitrogens with one attached hydrogen (secondary N) is 2. The lowest BCUT2D eigenvalue weighted by Gasteiger charge is -2.16. The predicted octanol–water partition coefficient (Wildman–Crippen LogP) is 5.95. The van der Waals surface area contributed by atoms with E-state index in [-0.39, 0.29) is 18.7 Å². The number of ether oxygens (including phenoxy) is 1. The van der Waals surface area contributed by atoms with Crippen LogP contribution in [0.2, 0.25) is 10.0 Å². The minimum Gasteiger partial charge on any atom is -0.467 e. The molecule has 0 bridgehead atoms. The van der Waals surface area contributed by atoms with Crippen molar-refractivity contribution in [2.75, 3.05) is 7.11 Å². The fraction of sp³-hybridized carbons (Fsp3) is 0.200. The molecule has 0 aliphatic rings. The highest BCUT2D eigenvalue weighted by Crippen LogP contribution is 2.29. The first-order valence-corrected chi connectivity index (χ1v) is 13.5. The minimum atomic E-state index is -0.805. The molecule has 0 unspecified atom stereocenters. The first-order chi connectivity index (χ1) is 19.4. The summed E-state index contributed by atoms with van der Waals surface area (Å²) in [6.07, 6.45) is 4.73. The number of aromatic nitrogens is 4. The number of amides is 1. The Hall–Kier alpha value is -4.14. The Bertz CT molecular complexity index is 1630. The van der Waals surface area contributed by atoms with Gasteiger partial charge in [-0.2, -0.15) is 5.10 Å². The Balaban J connectivity index is 1.35. The van der Waals surface area contributed by atoms with Gasteiger partial charge in [0.1, 0.15) is 6.04 Å². The fourth-order valence-electron chi connectivity index (χ4n) is 4.62. The van der Waals surface area contributed by atoms with Crippen LogP contribution in [0.25, 0.3) is 27.7 Å². The highest BCUT2D eigenvalue weighted by Gasteiger charge is 2.22. The number of imidazole rings is 1. The zero-order valence-electron chi connectivity index (χ0n) is 21.7. The highest BCUT2D eigenvalue weighted by atomic mass is 35.5. The van der Waals surface area contributed by atoms with Crippen molar-refractivity contribution < 1.29 is 14.3 Å². The van der Waals surface area contributed by atoms with Crippen molar-refractivity contribution in [3.05, 3.63) is 101 Å². The van der Waals surface area contributed by atoms with Gasteiger partial charge in [0, 0.05) is 46.0 Å². The van der Waals surface area contributed by atoms with Crippen LogP contribution < -0.4 is 5.32 Å². The van der Waals surface area contributed by atoms with E-state index in [4.69, 9.17) is 33.0 Å². The van der Waals surface area contributed by atoms with Crippen LogP contribution >= 0.6 is 23.2 Å². The second-order valence-electron chi connectivity index (χ2n) is 9.40. The maximum Gasteiger partial charge on any atom is 0.328 e. The number of carbonyl (C=O) groups is 2. The molecule has 5 rings (SSSR count). The van der Waals surface area contributed by atoms with Gasteiger partial charge in [-0.05, 0) is 60.0 Å². The van der Waals surface area contributed by atoms with E-state index in [1.807, 2.05) is 41.1 Å². The number of methoxy groups -OCH3 is 1. The van der Waals surface area contributed by atoms with E-state index in [1.165, 1.54) is 13.4 Å². The quantitative estimate of drug-likeness (QED) is 0.200. The molecule has 2 heterocycles. The van der Waals surface area contributed by atoms with Gasteiger partial charge in [-0.25, -0.2) is 14.5 Å². The molecule has 0 saturated carbocycles. The molecular formula is C30H27Cl2N5O3. The number of aryl methyl sites for hydroxylation is 1. The molecule has 204 valence electrons. The van der Waals surface area contributed by atoms with Crippen LogP contribution in [-0.4, -0.2) is 44.8 Å². The molecule has 0 fully saturated rings. The van der Waals surface area contributed by atoms with E-state index in [2.05, 4.69) is 39.6 Å². The van der Waals surface area contributed by atoms with Crippen molar-refractivity contribution in [2.45, 2.75) is 31.7 Å². The summed E-state index contributed by atoms with van der Waals surface area (Å²) in [5.74, 6) is -0.754. The normalized spacial score (nSPS) is 11.9. The van der Waals surface area contributed by atoms with E-state index in [1.54, 1.807) is 12.3 Å². The van der Waals surface area contributed by atoms with Gasteiger partial charge in [-0.3, -0.25) is 4.79 Å². The fourth-order valence-corrected chi connectivity index (χ4v) is 5.15. The molecule has 2 aromatic heterocycles. The maximum absolute atomic E-state index is 12.8. The Morgan fingerprint density at radius 3 is 2.52 bits per heavy atom. The van der Waals surface area contributed by atoms with Gasteiger partial charge >= 0.3 is 5.97 Å². The zero-order valence-corrected chi connectivity index (χ0v) is 23.2. The zero-order chi connectivity index (χ0) is 28.1. The number of hydrogen-bond donors (Lipinski definition) is 2. The number of hydrogen-bond acceptors (Lipinski definition) is 5. The summed E-state index contributed by atoms with van der Waals surface area (Å²) >= 11 is 12.5. The van der Waals surface area contributed by atoms with Crippen LogP contribution in [0.15, 0.2) is 79.3 Å². The van der Waals surface area contributed by atoms with Gasteiger partial charge in [-0.1, -0.05) is 53.5 Å². The van der Waals surface area contributed by atoms with Crippen LogP contribution in [0, 0.1) is 0 Å². The van der Waals surface area contributed by atoms with Crippen LogP contribution in [0.3, 0.4) is 0 Å². The smallest absolute Gasteiger partial charge is 0.328 e. The lowest BCUT2D eigenvalue weighted by Crippen LogP contribution is -2.43. The highest BCUT2D eigenvalue weighted by molar-refractivity contribution is 6.35. The number of esters is 1. The molecule has 40 heavy (non-hydrogen) atoms. The van der Waals surface area contributed by atoms with Crippen LogP contribution in [0.1, 0.15) is 24.2 Å². The van der Waals surface area contributed by atoms with Crippen molar-refractivity contribution in [3.63, 3.8) is 0 Å². The molecule has 0 aliphatic heterocycles. The molecule has 8 nitrogen and oxygen atoms in total. The maximum atomic E-state index is 12.8. The van der Waals surface area contributed by atoms with E-state index >= 15 is 0 Å². The lowest BCUT2D eigenvalue weighted by molar-refractivity contribution is -0.145. The molecule has 0 radical (unpaired) electrons. The Labute approximate surface area is 241 Å². The number of aromatic amines is 1. The second kappa shape index (κ2) is 12.4. The average molecular weight is 576 g/mol. The topological polar surface area (TPSA) is 102 Å². The molecule has 2 N–H and O–H groups in total. The van der Waals surface area contributed by atoms with Crippen LogP contribution in [0.4, 0.5) is 0 Å². The second-order valence-corrected chi connectivity index (χ2v) is 10.3. The molecule has 1 amide bonds. The summed E-state index contributed by atoms with van der Waals surface area (Å²) < 4.78 is 6.77. The Morgan fingerprint density at radius 2 is 1.80 bits per heavy atom. The summed E-state index contributed by atoms with van der Waals surface area (Å²) in [6, 6.07) is 20.8. The third kappa shape index (κ3) is 6.52.